The van der Waals surface area contributed by atoms with Crippen molar-refractivity contribution in [2.75, 3.05) is 13.2 Å². The highest BCUT2D eigenvalue weighted by molar-refractivity contribution is 5.39. The molecule has 2 heteroatoms. The molecule has 1 fully saturated rings. The van der Waals surface area contributed by atoms with Crippen molar-refractivity contribution in [2.24, 2.45) is 5.92 Å². The van der Waals surface area contributed by atoms with E-state index in [0.29, 0.717) is 6.04 Å². The van der Waals surface area contributed by atoms with Gasteiger partial charge in [-0.1, -0.05) is 13.0 Å². The normalized spacial score (nSPS) is 22.6. The number of aryl methyl sites for hydroxylation is 1. The quantitative estimate of drug-likeness (QED) is 0.857. The molecule has 1 atom stereocenters. The maximum atomic E-state index is 5.87. The molecule has 0 aliphatic heterocycles. The van der Waals surface area contributed by atoms with Gasteiger partial charge in [-0.3, -0.25) is 0 Å². The fraction of sp³-hybridized carbons (Fsp3) is 0.625. The molecule has 3 rings (SSSR count). The molecule has 1 saturated carbocycles. The summed E-state index contributed by atoms with van der Waals surface area (Å²) < 4.78 is 5.87. The minimum atomic E-state index is 0.552. The monoisotopic (exact) mass is 245 g/mol. The summed E-state index contributed by atoms with van der Waals surface area (Å²) in [5.74, 6) is 1.90. The standard InChI is InChI=1S/C16H23NO/c1-2-17-16-5-3-4-13-10-14(8-9-15(13)16)18-11-12-6-7-12/h8-10,12,16-17H,2-7,11H2,1H3. The Kier molecular flexibility index (Phi) is 3.55. The molecule has 0 spiro atoms. The zero-order chi connectivity index (χ0) is 12.4. The summed E-state index contributed by atoms with van der Waals surface area (Å²) in [7, 11) is 0. The van der Waals surface area contributed by atoms with Crippen LogP contribution in [0.25, 0.3) is 0 Å². The lowest BCUT2D eigenvalue weighted by molar-refractivity contribution is 0.299. The Balaban J connectivity index is 1.72. The first-order valence-corrected chi connectivity index (χ1v) is 7.36. The van der Waals surface area contributed by atoms with Crippen molar-refractivity contribution < 1.29 is 4.74 Å². The van der Waals surface area contributed by atoms with E-state index in [1.807, 2.05) is 0 Å². The number of hydrogen-bond donors (Lipinski definition) is 1. The second-order valence-corrected chi connectivity index (χ2v) is 5.62. The van der Waals surface area contributed by atoms with Crippen LogP contribution in [-0.4, -0.2) is 13.2 Å². The predicted octanol–water partition coefficient (Wildman–Crippen LogP) is 3.46. The van der Waals surface area contributed by atoms with Crippen molar-refractivity contribution in [3.05, 3.63) is 29.3 Å². The van der Waals surface area contributed by atoms with Crippen LogP contribution < -0.4 is 10.1 Å². The number of fused-ring (bicyclic) bond motifs is 1. The highest BCUT2D eigenvalue weighted by Crippen LogP contribution is 2.33. The predicted molar refractivity (Wildman–Crippen MR) is 74.0 cm³/mol. The first-order chi connectivity index (χ1) is 8.86. The molecule has 18 heavy (non-hydrogen) atoms. The van der Waals surface area contributed by atoms with Crippen LogP contribution in [-0.2, 0) is 6.42 Å². The molecule has 98 valence electrons. The van der Waals surface area contributed by atoms with Crippen LogP contribution in [0.3, 0.4) is 0 Å². The number of ether oxygens (including phenoxy) is 1. The molecule has 1 aromatic carbocycles. The number of benzene rings is 1. The molecule has 0 saturated heterocycles. The Hall–Kier alpha value is -1.02. The van der Waals surface area contributed by atoms with Crippen LogP contribution in [0.4, 0.5) is 0 Å². The van der Waals surface area contributed by atoms with E-state index < -0.39 is 0 Å². The summed E-state index contributed by atoms with van der Waals surface area (Å²) in [6, 6.07) is 7.23. The SMILES string of the molecule is CCNC1CCCc2cc(OCC3CC3)ccc21. The van der Waals surface area contributed by atoms with Gasteiger partial charge in [0, 0.05) is 6.04 Å². The van der Waals surface area contributed by atoms with E-state index in [-0.39, 0.29) is 0 Å². The van der Waals surface area contributed by atoms with Gasteiger partial charge in [0.25, 0.3) is 0 Å². The first-order valence-electron chi connectivity index (χ1n) is 7.36. The van der Waals surface area contributed by atoms with Crippen molar-refractivity contribution >= 4 is 0 Å². The summed E-state index contributed by atoms with van der Waals surface area (Å²) in [6.45, 7) is 4.14. The van der Waals surface area contributed by atoms with E-state index >= 15 is 0 Å². The molecule has 1 N–H and O–H groups in total. The topological polar surface area (TPSA) is 21.3 Å². The van der Waals surface area contributed by atoms with Crippen LogP contribution in [0.15, 0.2) is 18.2 Å². The Morgan fingerprint density at radius 2 is 2.17 bits per heavy atom. The van der Waals surface area contributed by atoms with Gasteiger partial charge in [-0.05, 0) is 67.8 Å². The largest absolute Gasteiger partial charge is 0.493 e. The maximum absolute atomic E-state index is 5.87. The van der Waals surface area contributed by atoms with Crippen LogP contribution in [0.1, 0.15) is 49.8 Å². The van der Waals surface area contributed by atoms with Gasteiger partial charge in [0.05, 0.1) is 6.61 Å². The zero-order valence-corrected chi connectivity index (χ0v) is 11.2. The second-order valence-electron chi connectivity index (χ2n) is 5.62. The van der Waals surface area contributed by atoms with Gasteiger partial charge in [-0.2, -0.15) is 0 Å². The van der Waals surface area contributed by atoms with Crippen LogP contribution in [0, 0.1) is 5.92 Å². The minimum Gasteiger partial charge on any atom is -0.493 e. The average Bonchev–Trinajstić information content (AvgIpc) is 3.21. The maximum Gasteiger partial charge on any atom is 0.119 e. The lowest BCUT2D eigenvalue weighted by Crippen LogP contribution is -2.24. The Morgan fingerprint density at radius 3 is 2.94 bits per heavy atom. The second kappa shape index (κ2) is 5.31. The summed E-state index contributed by atoms with van der Waals surface area (Å²) in [4.78, 5) is 0. The van der Waals surface area contributed by atoms with Crippen molar-refractivity contribution in [1.29, 1.82) is 0 Å². The average molecular weight is 245 g/mol. The van der Waals surface area contributed by atoms with E-state index in [0.717, 1.165) is 24.8 Å². The van der Waals surface area contributed by atoms with Gasteiger partial charge in [0.1, 0.15) is 5.75 Å². The molecular formula is C16H23NO. The van der Waals surface area contributed by atoms with Crippen molar-refractivity contribution in [2.45, 2.75) is 45.1 Å². The third-order valence-electron chi connectivity index (χ3n) is 4.06. The Labute approximate surface area is 110 Å². The summed E-state index contributed by atoms with van der Waals surface area (Å²) in [5, 5.41) is 3.58. The van der Waals surface area contributed by atoms with E-state index in [1.54, 1.807) is 0 Å². The molecule has 0 amide bonds. The third-order valence-corrected chi connectivity index (χ3v) is 4.06. The highest BCUT2D eigenvalue weighted by Gasteiger charge is 2.23. The molecule has 1 aromatic rings. The van der Waals surface area contributed by atoms with Gasteiger partial charge in [0.15, 0.2) is 0 Å². The van der Waals surface area contributed by atoms with Gasteiger partial charge in [-0.25, -0.2) is 0 Å². The molecule has 2 aliphatic rings. The molecule has 0 heterocycles. The van der Waals surface area contributed by atoms with Gasteiger partial charge < -0.3 is 10.1 Å². The Morgan fingerprint density at radius 1 is 1.28 bits per heavy atom. The molecule has 2 aliphatic carbocycles. The fourth-order valence-corrected chi connectivity index (χ4v) is 2.84. The zero-order valence-electron chi connectivity index (χ0n) is 11.2. The summed E-state index contributed by atoms with van der Waals surface area (Å²) in [6.07, 6.45) is 6.47. The molecular weight excluding hydrogens is 222 g/mol. The Bertz CT molecular complexity index is 412. The number of hydrogen-bond acceptors (Lipinski definition) is 2. The molecule has 1 unspecified atom stereocenters. The highest BCUT2D eigenvalue weighted by atomic mass is 16.5. The van der Waals surface area contributed by atoms with E-state index in [1.165, 1.54) is 43.2 Å². The smallest absolute Gasteiger partial charge is 0.119 e. The molecule has 0 aromatic heterocycles. The van der Waals surface area contributed by atoms with Gasteiger partial charge in [-0.15, -0.1) is 0 Å². The van der Waals surface area contributed by atoms with E-state index in [4.69, 9.17) is 4.74 Å². The first kappa shape index (κ1) is 12.0. The molecule has 2 nitrogen and oxygen atoms in total. The molecule has 0 radical (unpaired) electrons. The number of rotatable bonds is 5. The third kappa shape index (κ3) is 2.69. The number of nitrogens with one attached hydrogen (secondary N) is 1. The van der Waals surface area contributed by atoms with Crippen LogP contribution in [0.2, 0.25) is 0 Å². The van der Waals surface area contributed by atoms with Crippen molar-refractivity contribution in [1.82, 2.24) is 5.32 Å². The summed E-state index contributed by atoms with van der Waals surface area (Å²) >= 11 is 0. The lowest BCUT2D eigenvalue weighted by Gasteiger charge is -2.26. The van der Waals surface area contributed by atoms with E-state index in [9.17, 15) is 0 Å². The summed E-state index contributed by atoms with van der Waals surface area (Å²) in [5.41, 5.74) is 2.97. The molecule has 0 bridgehead atoms. The lowest BCUT2D eigenvalue weighted by atomic mass is 9.87. The van der Waals surface area contributed by atoms with Gasteiger partial charge >= 0.3 is 0 Å². The minimum absolute atomic E-state index is 0.552. The fourth-order valence-electron chi connectivity index (χ4n) is 2.84. The van der Waals surface area contributed by atoms with E-state index in [2.05, 4.69) is 30.4 Å². The van der Waals surface area contributed by atoms with Crippen molar-refractivity contribution in [3.8, 4) is 5.75 Å². The van der Waals surface area contributed by atoms with Crippen LogP contribution in [0.5, 0.6) is 5.75 Å². The van der Waals surface area contributed by atoms with Crippen LogP contribution >= 0.6 is 0 Å². The van der Waals surface area contributed by atoms with Gasteiger partial charge in [0.2, 0.25) is 0 Å². The van der Waals surface area contributed by atoms with Crippen molar-refractivity contribution in [3.63, 3.8) is 0 Å².